The summed E-state index contributed by atoms with van der Waals surface area (Å²) in [7, 11) is 0. The van der Waals surface area contributed by atoms with Crippen LogP contribution in [0.15, 0.2) is 90.0 Å². The summed E-state index contributed by atoms with van der Waals surface area (Å²) in [6, 6.07) is 24.2. The van der Waals surface area contributed by atoms with E-state index in [1.54, 1.807) is 24.3 Å². The maximum atomic E-state index is 12.7. The van der Waals surface area contributed by atoms with E-state index >= 15 is 0 Å². The zero-order valence-corrected chi connectivity index (χ0v) is 17.3. The molecule has 0 aliphatic carbocycles. The Balaban J connectivity index is 1.62. The molecule has 0 saturated carbocycles. The van der Waals surface area contributed by atoms with Crippen molar-refractivity contribution in [3.63, 3.8) is 0 Å². The molecule has 2 N–H and O–H groups in total. The van der Waals surface area contributed by atoms with Crippen molar-refractivity contribution >= 4 is 28.9 Å². The third kappa shape index (κ3) is 4.65. The number of amides is 1. The zero-order chi connectivity index (χ0) is 22.5. The molecular formula is C26H20N2O4. The molecular weight excluding hydrogens is 404 g/mol. The maximum absolute atomic E-state index is 12.7. The Hall–Kier alpha value is -4.45. The highest BCUT2D eigenvalue weighted by atomic mass is 16.5. The number of benzene rings is 4. The van der Waals surface area contributed by atoms with Crippen molar-refractivity contribution in [1.29, 1.82) is 0 Å². The van der Waals surface area contributed by atoms with Crippen LogP contribution < -0.4 is 10.2 Å². The van der Waals surface area contributed by atoms with E-state index in [1.165, 1.54) is 30.5 Å². The molecule has 0 heterocycles. The van der Waals surface area contributed by atoms with Crippen molar-refractivity contribution in [1.82, 2.24) is 5.43 Å². The van der Waals surface area contributed by atoms with Gasteiger partial charge in [-0.2, -0.15) is 5.10 Å². The van der Waals surface area contributed by atoms with E-state index in [0.717, 1.165) is 16.3 Å². The van der Waals surface area contributed by atoms with Crippen molar-refractivity contribution in [2.24, 2.45) is 5.10 Å². The van der Waals surface area contributed by atoms with Crippen LogP contribution in [-0.2, 0) is 0 Å². The van der Waals surface area contributed by atoms with Crippen LogP contribution in [0.1, 0.15) is 31.8 Å². The molecule has 0 spiro atoms. The van der Waals surface area contributed by atoms with Crippen LogP contribution >= 0.6 is 0 Å². The minimum atomic E-state index is -0.480. The van der Waals surface area contributed by atoms with E-state index in [4.69, 9.17) is 4.74 Å². The molecule has 158 valence electrons. The van der Waals surface area contributed by atoms with Gasteiger partial charge in [-0.15, -0.1) is 0 Å². The number of phenolic OH excluding ortho intramolecular Hbond substituents is 1. The van der Waals surface area contributed by atoms with E-state index in [-0.39, 0.29) is 5.75 Å². The number of carbonyl (C=O) groups excluding carboxylic acids is 2. The van der Waals surface area contributed by atoms with Gasteiger partial charge in [-0.1, -0.05) is 48.0 Å². The number of aromatic hydroxyl groups is 1. The van der Waals surface area contributed by atoms with Gasteiger partial charge < -0.3 is 9.84 Å². The maximum Gasteiger partial charge on any atom is 0.343 e. The third-order valence-corrected chi connectivity index (χ3v) is 4.88. The van der Waals surface area contributed by atoms with Crippen LogP contribution in [0.3, 0.4) is 0 Å². The quantitative estimate of drug-likeness (QED) is 0.208. The first kappa shape index (κ1) is 20.8. The van der Waals surface area contributed by atoms with Gasteiger partial charge in [-0.05, 0) is 60.2 Å². The second-order valence-corrected chi connectivity index (χ2v) is 7.20. The van der Waals surface area contributed by atoms with Gasteiger partial charge in [0.25, 0.3) is 5.91 Å². The topological polar surface area (TPSA) is 88.0 Å². The summed E-state index contributed by atoms with van der Waals surface area (Å²) in [5.74, 6) is -0.509. The number of nitrogens with one attached hydrogen (secondary N) is 1. The van der Waals surface area contributed by atoms with Crippen LogP contribution in [0.2, 0.25) is 0 Å². The van der Waals surface area contributed by atoms with Gasteiger partial charge >= 0.3 is 5.97 Å². The number of nitrogens with zero attached hydrogens (tertiary/aromatic N) is 1. The number of hydrogen-bond acceptors (Lipinski definition) is 5. The van der Waals surface area contributed by atoms with Crippen molar-refractivity contribution in [3.8, 4) is 11.5 Å². The summed E-state index contributed by atoms with van der Waals surface area (Å²) in [5, 5.41) is 15.2. The monoisotopic (exact) mass is 424 g/mol. The molecule has 0 fully saturated rings. The first-order valence-electron chi connectivity index (χ1n) is 9.94. The Morgan fingerprint density at radius 2 is 1.69 bits per heavy atom. The number of rotatable bonds is 5. The minimum absolute atomic E-state index is 0.0703. The summed E-state index contributed by atoms with van der Waals surface area (Å²) in [6.45, 7) is 1.90. The van der Waals surface area contributed by atoms with Crippen LogP contribution in [0, 0.1) is 6.92 Å². The molecule has 32 heavy (non-hydrogen) atoms. The van der Waals surface area contributed by atoms with Crippen LogP contribution in [0.25, 0.3) is 10.8 Å². The van der Waals surface area contributed by atoms with Crippen molar-refractivity contribution in [2.45, 2.75) is 6.92 Å². The fraction of sp³-hybridized carbons (Fsp3) is 0.0385. The van der Waals surface area contributed by atoms with Crippen LogP contribution in [0.4, 0.5) is 0 Å². The Morgan fingerprint density at radius 1 is 0.906 bits per heavy atom. The molecule has 0 unspecified atom stereocenters. The summed E-state index contributed by atoms with van der Waals surface area (Å²) in [4.78, 5) is 25.0. The highest BCUT2D eigenvalue weighted by molar-refractivity contribution is 6.04. The van der Waals surface area contributed by atoms with Gasteiger partial charge in [0.15, 0.2) is 0 Å². The summed E-state index contributed by atoms with van der Waals surface area (Å²) in [6.07, 6.45) is 1.46. The number of aryl methyl sites for hydroxylation is 1. The van der Waals surface area contributed by atoms with Crippen molar-refractivity contribution < 1.29 is 19.4 Å². The normalized spacial score (nSPS) is 10.9. The third-order valence-electron chi connectivity index (χ3n) is 4.88. The number of esters is 1. The Bertz CT molecular complexity index is 1330. The van der Waals surface area contributed by atoms with Gasteiger partial charge in [-0.25, -0.2) is 10.2 Å². The molecule has 0 radical (unpaired) electrons. The molecule has 0 atom stereocenters. The molecule has 0 bridgehead atoms. The Morgan fingerprint density at radius 3 is 2.47 bits per heavy atom. The molecule has 6 nitrogen and oxygen atoms in total. The van der Waals surface area contributed by atoms with Gasteiger partial charge in [0.2, 0.25) is 0 Å². The molecule has 4 aromatic rings. The SMILES string of the molecule is Cc1cccc(C(=O)Oc2ccc3ccccc3c2/C=N\NC(=O)c2ccc(O)cc2)c1. The van der Waals surface area contributed by atoms with Crippen molar-refractivity contribution in [2.75, 3.05) is 0 Å². The average molecular weight is 424 g/mol. The van der Waals surface area contributed by atoms with E-state index in [9.17, 15) is 14.7 Å². The van der Waals surface area contributed by atoms with E-state index in [2.05, 4.69) is 10.5 Å². The lowest BCUT2D eigenvalue weighted by Gasteiger charge is -2.11. The molecule has 1 amide bonds. The number of carbonyl (C=O) groups is 2. The first-order valence-corrected chi connectivity index (χ1v) is 9.94. The predicted molar refractivity (Wildman–Crippen MR) is 123 cm³/mol. The molecule has 6 heteroatoms. The standard InChI is InChI=1S/C26H20N2O4/c1-17-5-4-7-20(15-17)26(31)32-24-14-11-18-6-2-3-8-22(18)23(24)16-27-28-25(30)19-9-12-21(29)13-10-19/h2-16,29H,1H3,(H,28,30)/b27-16-. The van der Waals surface area contributed by atoms with Gasteiger partial charge in [-0.3, -0.25) is 4.79 Å². The highest BCUT2D eigenvalue weighted by Crippen LogP contribution is 2.27. The molecule has 0 aliphatic rings. The van der Waals surface area contributed by atoms with E-state index in [1.807, 2.05) is 43.3 Å². The number of hydrogen-bond donors (Lipinski definition) is 2. The number of phenols is 1. The number of hydrazone groups is 1. The number of fused-ring (bicyclic) bond motifs is 1. The second kappa shape index (κ2) is 9.14. The largest absolute Gasteiger partial charge is 0.508 e. The fourth-order valence-corrected chi connectivity index (χ4v) is 3.26. The zero-order valence-electron chi connectivity index (χ0n) is 17.3. The van der Waals surface area contributed by atoms with Crippen LogP contribution in [0.5, 0.6) is 11.5 Å². The Labute approximate surface area is 184 Å². The lowest BCUT2D eigenvalue weighted by molar-refractivity contribution is 0.0734. The minimum Gasteiger partial charge on any atom is -0.508 e. The lowest BCUT2D eigenvalue weighted by atomic mass is 10.0. The van der Waals surface area contributed by atoms with Crippen LogP contribution in [-0.4, -0.2) is 23.2 Å². The van der Waals surface area contributed by atoms with Gasteiger partial charge in [0.1, 0.15) is 11.5 Å². The molecule has 0 saturated heterocycles. The molecule has 0 aliphatic heterocycles. The molecule has 4 aromatic carbocycles. The second-order valence-electron chi connectivity index (χ2n) is 7.20. The van der Waals surface area contributed by atoms with Gasteiger partial charge in [0, 0.05) is 11.1 Å². The fourth-order valence-electron chi connectivity index (χ4n) is 3.26. The van der Waals surface area contributed by atoms with E-state index in [0.29, 0.717) is 22.4 Å². The highest BCUT2D eigenvalue weighted by Gasteiger charge is 2.14. The Kier molecular flexibility index (Phi) is 5.94. The van der Waals surface area contributed by atoms with Gasteiger partial charge in [0.05, 0.1) is 11.8 Å². The molecule has 4 rings (SSSR count). The lowest BCUT2D eigenvalue weighted by Crippen LogP contribution is -2.17. The smallest absolute Gasteiger partial charge is 0.343 e. The summed E-state index contributed by atoms with van der Waals surface area (Å²) >= 11 is 0. The first-order chi connectivity index (χ1) is 15.5. The average Bonchev–Trinajstić information content (AvgIpc) is 2.80. The molecule has 0 aromatic heterocycles. The predicted octanol–water partition coefficient (Wildman–Crippen LogP) is 4.84. The number of ether oxygens (including phenoxy) is 1. The van der Waals surface area contributed by atoms with E-state index < -0.39 is 11.9 Å². The summed E-state index contributed by atoms with van der Waals surface area (Å²) < 4.78 is 5.68. The van der Waals surface area contributed by atoms with Crippen molar-refractivity contribution in [3.05, 3.63) is 107 Å². The summed E-state index contributed by atoms with van der Waals surface area (Å²) in [5.41, 5.74) is 4.78.